The molecule has 1 aromatic carbocycles. The quantitative estimate of drug-likeness (QED) is 0.594. The Bertz CT molecular complexity index is 546. The van der Waals surface area contributed by atoms with Gasteiger partial charge in [-0.2, -0.15) is 13.2 Å². The highest BCUT2D eigenvalue weighted by atomic mass is 35.7. The van der Waals surface area contributed by atoms with E-state index in [1.807, 2.05) is 0 Å². The zero-order valence-corrected chi connectivity index (χ0v) is 12.2. The summed E-state index contributed by atoms with van der Waals surface area (Å²) >= 11 is 5.51. The Morgan fingerprint density at radius 2 is 1.95 bits per heavy atom. The van der Waals surface area contributed by atoms with E-state index < -0.39 is 14.6 Å². The third-order valence-electron chi connectivity index (χ3n) is 1.79. The summed E-state index contributed by atoms with van der Waals surface area (Å²) in [6.07, 6.45) is 0. The van der Waals surface area contributed by atoms with E-state index in [9.17, 15) is 21.6 Å². The van der Waals surface area contributed by atoms with Gasteiger partial charge in [0.1, 0.15) is 5.75 Å². The highest BCUT2D eigenvalue weighted by molar-refractivity contribution is 8.13. The summed E-state index contributed by atoms with van der Waals surface area (Å²) in [5.74, 6) is -0.205. The molecule has 0 aliphatic carbocycles. The standard InChI is InChI=1S/C9H7Cl2F3O3S2/c10-7-5-6(19(11,15)16)1-2-8(7)17-3-4-18-9(12,13)14/h1-2,5H,3-4H2. The Kier molecular flexibility index (Phi) is 5.66. The van der Waals surface area contributed by atoms with Crippen LogP contribution in [0.1, 0.15) is 0 Å². The normalized spacial score (nSPS) is 12.5. The third-order valence-corrected chi connectivity index (χ3v) is 4.14. The molecule has 0 aliphatic heterocycles. The monoisotopic (exact) mass is 354 g/mol. The van der Waals surface area contributed by atoms with Crippen molar-refractivity contribution < 1.29 is 26.3 Å². The highest BCUT2D eigenvalue weighted by Gasteiger charge is 2.27. The maximum atomic E-state index is 11.8. The topological polar surface area (TPSA) is 43.4 Å². The van der Waals surface area contributed by atoms with Gasteiger partial charge in [-0.15, -0.1) is 0 Å². The smallest absolute Gasteiger partial charge is 0.441 e. The number of alkyl halides is 3. The van der Waals surface area contributed by atoms with Crippen molar-refractivity contribution in [3.8, 4) is 5.75 Å². The number of rotatable bonds is 5. The third kappa shape index (κ3) is 6.11. The maximum absolute atomic E-state index is 11.8. The van der Waals surface area contributed by atoms with Crippen molar-refractivity contribution in [2.45, 2.75) is 10.4 Å². The van der Waals surface area contributed by atoms with Crippen LogP contribution in [-0.2, 0) is 9.05 Å². The SMILES string of the molecule is O=S(=O)(Cl)c1ccc(OCCSC(F)(F)F)c(Cl)c1. The van der Waals surface area contributed by atoms with Gasteiger partial charge in [-0.05, 0) is 30.0 Å². The van der Waals surface area contributed by atoms with Gasteiger partial charge in [0.25, 0.3) is 9.05 Å². The molecule has 0 aromatic heterocycles. The molecule has 0 heterocycles. The van der Waals surface area contributed by atoms with Gasteiger partial charge in [-0.25, -0.2) is 8.42 Å². The molecule has 0 unspecified atom stereocenters. The number of ether oxygens (including phenoxy) is 1. The van der Waals surface area contributed by atoms with Gasteiger partial charge in [0, 0.05) is 16.4 Å². The van der Waals surface area contributed by atoms with E-state index in [0.717, 1.165) is 12.1 Å². The molecule has 0 saturated carbocycles. The molecule has 0 saturated heterocycles. The number of halogens is 5. The van der Waals surface area contributed by atoms with Crippen molar-refractivity contribution in [2.24, 2.45) is 0 Å². The molecule has 10 heteroatoms. The molecule has 3 nitrogen and oxygen atoms in total. The Morgan fingerprint density at radius 3 is 2.42 bits per heavy atom. The molecule has 0 amide bonds. The van der Waals surface area contributed by atoms with Crippen LogP contribution in [0.4, 0.5) is 13.2 Å². The summed E-state index contributed by atoms with van der Waals surface area (Å²) in [5.41, 5.74) is -4.32. The lowest BCUT2D eigenvalue weighted by molar-refractivity contribution is -0.0329. The molecular weight excluding hydrogens is 348 g/mol. The number of hydrogen-bond acceptors (Lipinski definition) is 4. The van der Waals surface area contributed by atoms with Crippen molar-refractivity contribution in [1.29, 1.82) is 0 Å². The van der Waals surface area contributed by atoms with Crippen LogP contribution < -0.4 is 4.74 Å². The van der Waals surface area contributed by atoms with E-state index in [1.54, 1.807) is 0 Å². The molecule has 19 heavy (non-hydrogen) atoms. The zero-order chi connectivity index (χ0) is 14.7. The van der Waals surface area contributed by atoms with E-state index in [-0.39, 0.29) is 39.8 Å². The molecule has 0 radical (unpaired) electrons. The molecule has 0 aliphatic rings. The molecule has 0 bridgehead atoms. The van der Waals surface area contributed by atoms with Crippen LogP contribution in [0.3, 0.4) is 0 Å². The second kappa shape index (κ2) is 6.43. The lowest BCUT2D eigenvalue weighted by atomic mass is 10.3. The predicted molar refractivity (Wildman–Crippen MR) is 68.5 cm³/mol. The van der Waals surface area contributed by atoms with Gasteiger partial charge < -0.3 is 4.74 Å². The molecule has 0 N–H and O–H groups in total. The van der Waals surface area contributed by atoms with Crippen molar-refractivity contribution in [2.75, 3.05) is 12.4 Å². The summed E-state index contributed by atoms with van der Waals surface area (Å²) in [6.45, 7) is -0.211. The zero-order valence-electron chi connectivity index (χ0n) is 9.08. The van der Waals surface area contributed by atoms with E-state index in [2.05, 4.69) is 0 Å². The van der Waals surface area contributed by atoms with Gasteiger partial charge in [-0.3, -0.25) is 0 Å². The molecule has 0 fully saturated rings. The largest absolute Gasteiger partial charge is 0.491 e. The fourth-order valence-electron chi connectivity index (χ4n) is 1.06. The Morgan fingerprint density at radius 1 is 1.32 bits per heavy atom. The van der Waals surface area contributed by atoms with Crippen molar-refractivity contribution >= 4 is 43.1 Å². The highest BCUT2D eigenvalue weighted by Crippen LogP contribution is 2.31. The molecule has 108 valence electrons. The van der Waals surface area contributed by atoms with Crippen molar-refractivity contribution in [3.63, 3.8) is 0 Å². The molecule has 1 rings (SSSR count). The minimum Gasteiger partial charge on any atom is -0.491 e. The van der Waals surface area contributed by atoms with Gasteiger partial charge in [0.2, 0.25) is 0 Å². The van der Waals surface area contributed by atoms with Gasteiger partial charge >= 0.3 is 5.51 Å². The minimum atomic E-state index is -4.32. The van der Waals surface area contributed by atoms with Crippen LogP contribution in [0.5, 0.6) is 5.75 Å². The fourth-order valence-corrected chi connectivity index (χ4v) is 2.53. The second-order valence-corrected chi connectivity index (χ2v) is 7.31. The second-order valence-electron chi connectivity index (χ2n) is 3.17. The summed E-state index contributed by atoms with van der Waals surface area (Å²) in [6, 6.07) is 3.45. The molecular formula is C9H7Cl2F3O3S2. The van der Waals surface area contributed by atoms with E-state index >= 15 is 0 Å². The lowest BCUT2D eigenvalue weighted by Crippen LogP contribution is -2.07. The van der Waals surface area contributed by atoms with Gasteiger partial charge in [-0.1, -0.05) is 11.6 Å². The van der Waals surface area contributed by atoms with Crippen LogP contribution >= 0.6 is 34.0 Å². The van der Waals surface area contributed by atoms with Crippen molar-refractivity contribution in [3.05, 3.63) is 23.2 Å². The first-order valence-electron chi connectivity index (χ1n) is 4.67. The summed E-state index contributed by atoms with van der Waals surface area (Å²) in [7, 11) is 1.20. The number of hydrogen-bond donors (Lipinski definition) is 0. The van der Waals surface area contributed by atoms with Gasteiger partial charge in [0.15, 0.2) is 0 Å². The first-order chi connectivity index (χ1) is 8.59. The Balaban J connectivity index is 2.61. The van der Waals surface area contributed by atoms with Crippen LogP contribution in [0.15, 0.2) is 23.1 Å². The maximum Gasteiger partial charge on any atom is 0.441 e. The van der Waals surface area contributed by atoms with Crippen molar-refractivity contribution in [1.82, 2.24) is 0 Å². The number of benzene rings is 1. The minimum absolute atomic E-state index is 0.0428. The lowest BCUT2D eigenvalue weighted by Gasteiger charge is -2.09. The summed E-state index contributed by atoms with van der Waals surface area (Å²) in [5, 5.41) is -0.0428. The Labute approximate surface area is 121 Å². The first kappa shape index (κ1) is 16.7. The molecule has 1 aromatic rings. The average Bonchev–Trinajstić information content (AvgIpc) is 2.23. The van der Waals surface area contributed by atoms with Crippen LogP contribution in [0, 0.1) is 0 Å². The predicted octanol–water partition coefficient (Wildman–Crippen LogP) is 3.90. The fraction of sp³-hybridized carbons (Fsp3) is 0.333. The summed E-state index contributed by atoms with van der Waals surface area (Å²) < 4.78 is 62.6. The Hall–Kier alpha value is -0.310. The van der Waals surface area contributed by atoms with Gasteiger partial charge in [0.05, 0.1) is 16.5 Å². The van der Waals surface area contributed by atoms with E-state index in [0.29, 0.717) is 0 Å². The average molecular weight is 355 g/mol. The molecule has 0 atom stereocenters. The first-order valence-corrected chi connectivity index (χ1v) is 8.34. The van der Waals surface area contributed by atoms with Crippen LogP contribution in [0.2, 0.25) is 5.02 Å². The summed E-state index contributed by atoms with van der Waals surface area (Å²) in [4.78, 5) is -0.212. The van der Waals surface area contributed by atoms with E-state index in [1.165, 1.54) is 6.07 Å². The molecule has 0 spiro atoms. The van der Waals surface area contributed by atoms with Crippen LogP contribution in [-0.4, -0.2) is 26.3 Å². The van der Waals surface area contributed by atoms with Crippen LogP contribution in [0.25, 0.3) is 0 Å². The van der Waals surface area contributed by atoms with E-state index in [4.69, 9.17) is 27.0 Å². The number of thioether (sulfide) groups is 1.